The van der Waals surface area contributed by atoms with Crippen molar-refractivity contribution in [3.05, 3.63) is 23.3 Å². The highest BCUT2D eigenvalue weighted by Gasteiger charge is 2.67. The van der Waals surface area contributed by atoms with E-state index in [4.69, 9.17) is 18.9 Å². The van der Waals surface area contributed by atoms with Crippen LogP contribution in [0, 0.1) is 34.5 Å². The van der Waals surface area contributed by atoms with Gasteiger partial charge < -0.3 is 18.9 Å². The third-order valence-electron chi connectivity index (χ3n) is 10.0. The fourth-order valence-corrected chi connectivity index (χ4v) is 8.46. The SMILES string of the molecule is CC(=O)OC1CC2=CC=C3[C@@H]4CC[C@H](C(C)C5OCCO5)[C@@]4(C)CC[C@@H]3[C@@]2(C)C2OC12. The van der Waals surface area contributed by atoms with E-state index in [0.29, 0.717) is 29.1 Å². The van der Waals surface area contributed by atoms with Crippen LogP contribution >= 0.6 is 0 Å². The van der Waals surface area contributed by atoms with Crippen LogP contribution < -0.4 is 0 Å². The van der Waals surface area contributed by atoms with Gasteiger partial charge in [0.1, 0.15) is 12.2 Å². The molecule has 3 saturated carbocycles. The second-order valence-corrected chi connectivity index (χ2v) is 11.3. The number of rotatable bonds is 3. The smallest absolute Gasteiger partial charge is 0.303 e. The molecule has 5 fully saturated rings. The summed E-state index contributed by atoms with van der Waals surface area (Å²) >= 11 is 0. The van der Waals surface area contributed by atoms with Gasteiger partial charge in [-0.05, 0) is 48.9 Å². The van der Waals surface area contributed by atoms with E-state index in [-0.39, 0.29) is 36.0 Å². The fraction of sp³-hybridized carbons (Fsp3) is 0.808. The van der Waals surface area contributed by atoms with Gasteiger partial charge >= 0.3 is 5.97 Å². The van der Waals surface area contributed by atoms with Crippen LogP contribution in [0.3, 0.4) is 0 Å². The first-order valence-corrected chi connectivity index (χ1v) is 12.3. The molecule has 0 aromatic heterocycles. The third-order valence-corrected chi connectivity index (χ3v) is 10.0. The van der Waals surface area contributed by atoms with Crippen LogP contribution in [0.2, 0.25) is 0 Å². The molecule has 0 N–H and O–H groups in total. The molecule has 5 heteroatoms. The highest BCUT2D eigenvalue weighted by Crippen LogP contribution is 2.68. The molecule has 4 aliphatic carbocycles. The van der Waals surface area contributed by atoms with Crippen molar-refractivity contribution in [3.8, 4) is 0 Å². The van der Waals surface area contributed by atoms with Gasteiger partial charge in [-0.25, -0.2) is 0 Å². The van der Waals surface area contributed by atoms with Crippen LogP contribution in [0.5, 0.6) is 0 Å². The van der Waals surface area contributed by atoms with E-state index >= 15 is 0 Å². The zero-order valence-electron chi connectivity index (χ0n) is 19.3. The minimum Gasteiger partial charge on any atom is -0.459 e. The molecule has 0 bridgehead atoms. The van der Waals surface area contributed by atoms with Crippen LogP contribution in [0.1, 0.15) is 59.8 Å². The molecule has 0 amide bonds. The first-order chi connectivity index (χ1) is 14.8. The molecule has 2 saturated heterocycles. The quantitative estimate of drug-likeness (QED) is 0.492. The lowest BCUT2D eigenvalue weighted by molar-refractivity contribution is -0.147. The van der Waals surface area contributed by atoms with Gasteiger partial charge in [-0.15, -0.1) is 0 Å². The lowest BCUT2D eigenvalue weighted by Gasteiger charge is -2.54. The average molecular weight is 429 g/mol. The number of esters is 1. The summed E-state index contributed by atoms with van der Waals surface area (Å²) in [6, 6.07) is 0. The first kappa shape index (κ1) is 20.4. The Bertz CT molecular complexity index is 841. The standard InChI is InChI=1S/C26H36O5/c1-14(24-28-11-12-29-24)18-7-8-19-17-6-5-16-13-21(30-15(2)27)22-23(31-22)26(16,4)20(17)9-10-25(18,19)3/h5-6,14,18-24H,7-13H2,1-4H3/t14?,18-,19+,20+,21?,22?,23?,25-,26+/m1/s1. The van der Waals surface area contributed by atoms with Gasteiger partial charge in [-0.2, -0.15) is 0 Å². The second kappa shape index (κ2) is 6.91. The molecule has 0 spiro atoms. The topological polar surface area (TPSA) is 57.3 Å². The molecule has 4 unspecified atom stereocenters. The first-order valence-electron chi connectivity index (χ1n) is 12.3. The van der Waals surface area contributed by atoms with Gasteiger partial charge in [-0.3, -0.25) is 4.79 Å². The van der Waals surface area contributed by atoms with Gasteiger partial charge in [0.15, 0.2) is 6.29 Å². The van der Waals surface area contributed by atoms with E-state index in [1.54, 1.807) is 5.57 Å². The molecule has 0 radical (unpaired) electrons. The van der Waals surface area contributed by atoms with Crippen molar-refractivity contribution in [3.63, 3.8) is 0 Å². The van der Waals surface area contributed by atoms with Crippen molar-refractivity contribution in [2.24, 2.45) is 34.5 Å². The van der Waals surface area contributed by atoms with Crippen molar-refractivity contribution < 1.29 is 23.7 Å². The highest BCUT2D eigenvalue weighted by molar-refractivity contribution is 5.66. The molecule has 5 nitrogen and oxygen atoms in total. The summed E-state index contributed by atoms with van der Waals surface area (Å²) in [5, 5.41) is 0. The largest absolute Gasteiger partial charge is 0.459 e. The van der Waals surface area contributed by atoms with Crippen LogP contribution in [-0.2, 0) is 23.7 Å². The maximum atomic E-state index is 11.6. The van der Waals surface area contributed by atoms with Crippen molar-refractivity contribution in [1.29, 1.82) is 0 Å². The van der Waals surface area contributed by atoms with Crippen molar-refractivity contribution in [2.75, 3.05) is 13.2 Å². The number of ether oxygens (including phenoxy) is 4. The number of epoxide rings is 1. The van der Waals surface area contributed by atoms with Gasteiger partial charge in [0.2, 0.25) is 0 Å². The van der Waals surface area contributed by atoms with E-state index in [1.165, 1.54) is 38.2 Å². The molecule has 6 rings (SSSR count). The average Bonchev–Trinajstić information content (AvgIpc) is 3.21. The van der Waals surface area contributed by atoms with Crippen LogP contribution in [0.15, 0.2) is 23.3 Å². The molecule has 170 valence electrons. The number of fused-ring (bicyclic) bond motifs is 7. The predicted molar refractivity (Wildman–Crippen MR) is 115 cm³/mol. The van der Waals surface area contributed by atoms with E-state index in [9.17, 15) is 4.79 Å². The summed E-state index contributed by atoms with van der Waals surface area (Å²) < 4.78 is 23.6. The summed E-state index contributed by atoms with van der Waals surface area (Å²) in [7, 11) is 0. The number of hydrogen-bond acceptors (Lipinski definition) is 5. The monoisotopic (exact) mass is 428 g/mol. The Balaban J connectivity index is 1.29. The minimum atomic E-state index is -0.203. The normalized spacial score (nSPS) is 49.2. The molecule has 2 heterocycles. The summed E-state index contributed by atoms with van der Waals surface area (Å²) in [5.74, 6) is 2.07. The summed E-state index contributed by atoms with van der Waals surface area (Å²) in [6.07, 6.45) is 10.7. The Morgan fingerprint density at radius 2 is 1.90 bits per heavy atom. The summed E-state index contributed by atoms with van der Waals surface area (Å²) in [4.78, 5) is 11.6. The van der Waals surface area contributed by atoms with Gasteiger partial charge in [0.05, 0.1) is 19.3 Å². The summed E-state index contributed by atoms with van der Waals surface area (Å²) in [5.41, 5.74) is 3.44. The van der Waals surface area contributed by atoms with Crippen LogP contribution in [-0.4, -0.2) is 43.8 Å². The second-order valence-electron chi connectivity index (χ2n) is 11.3. The van der Waals surface area contributed by atoms with Gasteiger partial charge in [0, 0.05) is 24.7 Å². The fourth-order valence-electron chi connectivity index (χ4n) is 8.46. The summed E-state index contributed by atoms with van der Waals surface area (Å²) in [6.45, 7) is 10.3. The molecular weight excluding hydrogens is 392 g/mol. The lowest BCUT2D eigenvalue weighted by atomic mass is 9.50. The van der Waals surface area contributed by atoms with E-state index in [0.717, 1.165) is 19.6 Å². The van der Waals surface area contributed by atoms with E-state index in [1.807, 2.05) is 0 Å². The molecular formula is C26H36O5. The predicted octanol–water partition coefficient (Wildman–Crippen LogP) is 4.41. The Hall–Kier alpha value is -1.17. The zero-order chi connectivity index (χ0) is 21.5. The van der Waals surface area contributed by atoms with Crippen LogP contribution in [0.25, 0.3) is 0 Å². The number of allylic oxidation sites excluding steroid dienone is 3. The molecule has 31 heavy (non-hydrogen) atoms. The Morgan fingerprint density at radius 1 is 1.13 bits per heavy atom. The van der Waals surface area contributed by atoms with Crippen molar-refractivity contribution in [2.45, 2.75) is 84.4 Å². The minimum absolute atomic E-state index is 0.0279. The number of carbonyl (C=O) groups excluding carboxylic acids is 1. The molecule has 0 aromatic rings. The maximum Gasteiger partial charge on any atom is 0.303 e. The lowest BCUT2D eigenvalue weighted by Crippen LogP contribution is -2.50. The maximum absolute atomic E-state index is 11.6. The van der Waals surface area contributed by atoms with Crippen LogP contribution in [0.4, 0.5) is 0 Å². The third kappa shape index (κ3) is 2.82. The number of hydrogen-bond donors (Lipinski definition) is 0. The Morgan fingerprint density at radius 3 is 2.65 bits per heavy atom. The van der Waals surface area contributed by atoms with Crippen molar-refractivity contribution in [1.82, 2.24) is 0 Å². The van der Waals surface area contributed by atoms with Gasteiger partial charge in [-0.1, -0.05) is 44.1 Å². The zero-order valence-corrected chi connectivity index (χ0v) is 19.3. The van der Waals surface area contributed by atoms with E-state index in [2.05, 4.69) is 32.9 Å². The van der Waals surface area contributed by atoms with Gasteiger partial charge in [0.25, 0.3) is 0 Å². The van der Waals surface area contributed by atoms with Crippen molar-refractivity contribution >= 4 is 5.97 Å². The Kier molecular flexibility index (Phi) is 4.56. The van der Waals surface area contributed by atoms with E-state index < -0.39 is 0 Å². The number of carbonyl (C=O) groups is 1. The molecule has 6 aliphatic rings. The highest BCUT2D eigenvalue weighted by atomic mass is 16.7. The molecule has 0 aromatic carbocycles. The molecule has 9 atom stereocenters. The Labute approximate surface area is 185 Å². The molecule has 2 aliphatic heterocycles.